The second kappa shape index (κ2) is 5.98. The number of carboxylic acids is 1. The Kier molecular flexibility index (Phi) is 4.23. The van der Waals surface area contributed by atoms with Crippen LogP contribution in [0.3, 0.4) is 0 Å². The molecule has 2 fully saturated rings. The van der Waals surface area contributed by atoms with Gasteiger partial charge in [-0.3, -0.25) is 4.79 Å². The molecule has 1 aliphatic heterocycles. The summed E-state index contributed by atoms with van der Waals surface area (Å²) in [4.78, 5) is 11.7. The highest BCUT2D eigenvalue weighted by Crippen LogP contribution is 2.46. The lowest BCUT2D eigenvalue weighted by Gasteiger charge is -2.48. The van der Waals surface area contributed by atoms with Crippen molar-refractivity contribution in [2.75, 3.05) is 6.61 Å². The molecule has 3 rings (SSSR count). The number of halogens is 1. The molecule has 2 unspecified atom stereocenters. The van der Waals surface area contributed by atoms with Gasteiger partial charge in [0.05, 0.1) is 11.5 Å². The van der Waals surface area contributed by atoms with Gasteiger partial charge in [-0.1, -0.05) is 23.7 Å². The molecule has 4 heteroatoms. The Bertz CT molecular complexity index is 525. The smallest absolute Gasteiger partial charge is 0.307 e. The van der Waals surface area contributed by atoms with Crippen molar-refractivity contribution in [1.82, 2.24) is 0 Å². The van der Waals surface area contributed by atoms with Gasteiger partial charge in [0.15, 0.2) is 0 Å². The Labute approximate surface area is 130 Å². The fraction of sp³-hybridized carbons (Fsp3) is 0.588. The molecule has 0 amide bonds. The maximum atomic E-state index is 11.7. The van der Waals surface area contributed by atoms with Crippen molar-refractivity contribution in [3.05, 3.63) is 34.9 Å². The fourth-order valence-corrected chi connectivity index (χ4v) is 3.92. The monoisotopic (exact) mass is 308 g/mol. The molecule has 2 atom stereocenters. The van der Waals surface area contributed by atoms with Gasteiger partial charge in [-0.25, -0.2) is 0 Å². The molecule has 0 bridgehead atoms. The van der Waals surface area contributed by atoms with Crippen LogP contribution < -0.4 is 0 Å². The summed E-state index contributed by atoms with van der Waals surface area (Å²) in [6, 6.07) is 7.53. The lowest BCUT2D eigenvalue weighted by molar-refractivity contribution is -0.162. The van der Waals surface area contributed by atoms with Gasteiger partial charge < -0.3 is 9.84 Å². The van der Waals surface area contributed by atoms with Crippen molar-refractivity contribution in [1.29, 1.82) is 0 Å². The standard InChI is InChI=1S/C17H21ClO3/c18-14-4-1-3-12(9-14)10-15(16(19)20)13-5-8-21-17(11-13)6-2-7-17/h1,3-4,9,13,15H,2,5-8,10-11H2,(H,19,20). The summed E-state index contributed by atoms with van der Waals surface area (Å²) in [7, 11) is 0. The average molecular weight is 309 g/mol. The Morgan fingerprint density at radius 2 is 2.29 bits per heavy atom. The third-order valence-electron chi connectivity index (χ3n) is 5.03. The predicted octanol–water partition coefficient (Wildman–Crippen LogP) is 3.93. The first-order valence-corrected chi connectivity index (χ1v) is 8.07. The highest BCUT2D eigenvalue weighted by Gasteiger charge is 2.45. The van der Waals surface area contributed by atoms with Crippen LogP contribution in [-0.2, 0) is 16.0 Å². The zero-order chi connectivity index (χ0) is 14.9. The van der Waals surface area contributed by atoms with Crippen LogP contribution in [-0.4, -0.2) is 23.3 Å². The molecule has 21 heavy (non-hydrogen) atoms. The number of rotatable bonds is 4. The minimum absolute atomic E-state index is 0.00898. The molecule has 1 saturated carbocycles. The summed E-state index contributed by atoms with van der Waals surface area (Å²) in [5.74, 6) is -0.836. The Hall–Kier alpha value is -1.06. The molecular weight excluding hydrogens is 288 g/mol. The Balaban J connectivity index is 1.73. The molecule has 114 valence electrons. The van der Waals surface area contributed by atoms with Crippen LogP contribution in [0.15, 0.2) is 24.3 Å². The van der Waals surface area contributed by atoms with Gasteiger partial charge in [0.25, 0.3) is 0 Å². The number of hydrogen-bond donors (Lipinski definition) is 1. The number of benzene rings is 1. The molecule has 0 aromatic heterocycles. The summed E-state index contributed by atoms with van der Waals surface area (Å²) < 4.78 is 5.92. The largest absolute Gasteiger partial charge is 0.481 e. The Morgan fingerprint density at radius 1 is 1.48 bits per heavy atom. The summed E-state index contributed by atoms with van der Waals surface area (Å²) >= 11 is 6.00. The maximum Gasteiger partial charge on any atom is 0.307 e. The van der Waals surface area contributed by atoms with E-state index >= 15 is 0 Å². The van der Waals surface area contributed by atoms with Crippen LogP contribution in [0.5, 0.6) is 0 Å². The van der Waals surface area contributed by atoms with Gasteiger partial charge in [0, 0.05) is 11.6 Å². The third kappa shape index (κ3) is 3.24. The Morgan fingerprint density at radius 3 is 2.90 bits per heavy atom. The van der Waals surface area contributed by atoms with Crippen molar-refractivity contribution in [2.24, 2.45) is 11.8 Å². The predicted molar refractivity (Wildman–Crippen MR) is 81.5 cm³/mol. The second-order valence-corrected chi connectivity index (χ2v) is 6.85. The molecule has 1 heterocycles. The number of aliphatic carboxylic acids is 1. The maximum absolute atomic E-state index is 11.7. The fourth-order valence-electron chi connectivity index (χ4n) is 3.70. The first-order valence-electron chi connectivity index (χ1n) is 7.69. The molecule has 1 N–H and O–H groups in total. The van der Waals surface area contributed by atoms with Crippen molar-refractivity contribution in [3.8, 4) is 0 Å². The molecular formula is C17H21ClO3. The van der Waals surface area contributed by atoms with Crippen LogP contribution in [0, 0.1) is 11.8 Å². The van der Waals surface area contributed by atoms with E-state index < -0.39 is 5.97 Å². The highest BCUT2D eigenvalue weighted by atomic mass is 35.5. The lowest BCUT2D eigenvalue weighted by atomic mass is 9.68. The van der Waals surface area contributed by atoms with E-state index in [4.69, 9.17) is 16.3 Å². The van der Waals surface area contributed by atoms with Gasteiger partial charge in [-0.2, -0.15) is 0 Å². The minimum Gasteiger partial charge on any atom is -0.481 e. The number of hydrogen-bond acceptors (Lipinski definition) is 2. The zero-order valence-corrected chi connectivity index (χ0v) is 12.8. The van der Waals surface area contributed by atoms with Crippen molar-refractivity contribution in [2.45, 2.75) is 44.1 Å². The van der Waals surface area contributed by atoms with E-state index in [2.05, 4.69) is 0 Å². The van der Waals surface area contributed by atoms with E-state index in [1.165, 1.54) is 6.42 Å². The van der Waals surface area contributed by atoms with E-state index in [1.807, 2.05) is 24.3 Å². The molecule has 3 nitrogen and oxygen atoms in total. The topological polar surface area (TPSA) is 46.5 Å². The molecule has 1 saturated heterocycles. The molecule has 1 aromatic rings. The van der Waals surface area contributed by atoms with Crippen LogP contribution >= 0.6 is 11.6 Å². The minimum atomic E-state index is -0.698. The van der Waals surface area contributed by atoms with E-state index in [1.54, 1.807) is 0 Å². The van der Waals surface area contributed by atoms with Crippen LogP contribution in [0.4, 0.5) is 0 Å². The van der Waals surface area contributed by atoms with E-state index in [0.29, 0.717) is 18.1 Å². The summed E-state index contributed by atoms with van der Waals surface area (Å²) in [6.45, 7) is 0.698. The normalized spacial score (nSPS) is 25.3. The SMILES string of the molecule is O=C(O)C(Cc1cccc(Cl)c1)C1CCOC2(CCC2)C1. The molecule has 1 spiro atoms. The van der Waals surface area contributed by atoms with E-state index in [0.717, 1.165) is 31.2 Å². The lowest BCUT2D eigenvalue weighted by Crippen LogP contribution is -2.48. The van der Waals surface area contributed by atoms with Gasteiger partial charge in [0.2, 0.25) is 0 Å². The van der Waals surface area contributed by atoms with E-state index in [9.17, 15) is 9.90 Å². The van der Waals surface area contributed by atoms with Crippen LogP contribution in [0.2, 0.25) is 5.02 Å². The zero-order valence-electron chi connectivity index (χ0n) is 12.1. The van der Waals surface area contributed by atoms with Gasteiger partial charge in [-0.15, -0.1) is 0 Å². The van der Waals surface area contributed by atoms with Gasteiger partial charge >= 0.3 is 5.97 Å². The van der Waals surface area contributed by atoms with Gasteiger partial charge in [-0.05, 0) is 62.1 Å². The van der Waals surface area contributed by atoms with Crippen LogP contribution in [0.1, 0.15) is 37.7 Å². The molecule has 1 aromatic carbocycles. The number of carbonyl (C=O) groups is 1. The van der Waals surface area contributed by atoms with Crippen molar-refractivity contribution >= 4 is 17.6 Å². The first-order chi connectivity index (χ1) is 10.1. The van der Waals surface area contributed by atoms with E-state index in [-0.39, 0.29) is 17.4 Å². The summed E-state index contributed by atoms with van der Waals surface area (Å²) in [5, 5.41) is 10.3. The number of carboxylic acid groups (broad SMARTS) is 1. The van der Waals surface area contributed by atoms with Crippen molar-refractivity contribution < 1.29 is 14.6 Å². The second-order valence-electron chi connectivity index (χ2n) is 6.42. The summed E-state index contributed by atoms with van der Waals surface area (Å²) in [5.41, 5.74) is 0.995. The summed E-state index contributed by atoms with van der Waals surface area (Å²) in [6.07, 6.45) is 5.68. The van der Waals surface area contributed by atoms with Crippen molar-refractivity contribution in [3.63, 3.8) is 0 Å². The van der Waals surface area contributed by atoms with Crippen LogP contribution in [0.25, 0.3) is 0 Å². The molecule has 1 aliphatic carbocycles. The average Bonchev–Trinajstić information content (AvgIpc) is 2.43. The van der Waals surface area contributed by atoms with Gasteiger partial charge in [0.1, 0.15) is 0 Å². The molecule has 2 aliphatic rings. The number of ether oxygens (including phenoxy) is 1. The third-order valence-corrected chi connectivity index (χ3v) is 5.26. The quantitative estimate of drug-likeness (QED) is 0.916. The highest BCUT2D eigenvalue weighted by molar-refractivity contribution is 6.30. The molecule has 0 radical (unpaired) electrons. The first kappa shape index (κ1) is 14.9.